The van der Waals surface area contributed by atoms with Crippen LogP contribution in [0.5, 0.6) is 0 Å². The van der Waals surface area contributed by atoms with Gasteiger partial charge in [-0.1, -0.05) is 0 Å². The van der Waals surface area contributed by atoms with Crippen molar-refractivity contribution in [2.45, 2.75) is 12.8 Å². The highest BCUT2D eigenvalue weighted by atomic mass is 127. The van der Waals surface area contributed by atoms with Crippen LogP contribution in [-0.4, -0.2) is 19.9 Å². The molecule has 1 aromatic rings. The zero-order valence-electron chi connectivity index (χ0n) is 8.37. The van der Waals surface area contributed by atoms with Gasteiger partial charge in [-0.15, -0.1) is 0 Å². The van der Waals surface area contributed by atoms with Gasteiger partial charge in [-0.2, -0.15) is 0 Å². The summed E-state index contributed by atoms with van der Waals surface area (Å²) in [5.74, 6) is -0.147. The van der Waals surface area contributed by atoms with Crippen LogP contribution in [0.2, 0.25) is 0 Å². The Morgan fingerprint density at radius 3 is 1.65 bits per heavy atom. The van der Waals surface area contributed by atoms with E-state index in [1.54, 1.807) is 35.3 Å². The fourth-order valence-electron chi connectivity index (χ4n) is 0.982. The number of carbonyl (C=O) groups excluding carboxylic acids is 2. The molecule has 0 bridgehead atoms. The van der Waals surface area contributed by atoms with E-state index in [0.717, 1.165) is 10.3 Å². The fourth-order valence-corrected chi connectivity index (χ4v) is 2.92. The first-order chi connectivity index (χ1) is 7.93. The number of H-pyrrole nitrogens is 1. The molecule has 0 aliphatic carbocycles. The molecule has 2 heterocycles. The second-order valence-electron chi connectivity index (χ2n) is 3.05. The first kappa shape index (κ1) is 15.3. The topological polar surface area (TPSA) is 70.2 Å². The average molecular weight is 572 g/mol. The molecular formula is C9H7I3N2O3. The van der Waals surface area contributed by atoms with E-state index in [-0.39, 0.29) is 17.2 Å². The molecule has 0 unspecified atom stereocenters. The molecule has 1 aromatic heterocycles. The van der Waals surface area contributed by atoms with Gasteiger partial charge in [0.1, 0.15) is 0 Å². The van der Waals surface area contributed by atoms with E-state index in [0.29, 0.717) is 12.8 Å². The van der Waals surface area contributed by atoms with Gasteiger partial charge < -0.3 is 4.98 Å². The zero-order valence-corrected chi connectivity index (χ0v) is 14.8. The summed E-state index contributed by atoms with van der Waals surface area (Å²) in [7, 11) is 0. The number of pyridine rings is 1. The number of nitrogens with zero attached hydrogens (tertiary/aromatic N) is 1. The standard InChI is InChI=1S/C5H3I2NO.C4H4INO2/c6-3-1-8-2-4(7)5(3)9;5-6-3(7)1-2-4(6)8/h1-2H,(H,8,9);1-2H2. The number of nitrogens with one attached hydrogen (secondary N) is 1. The first-order valence-electron chi connectivity index (χ1n) is 4.47. The zero-order chi connectivity index (χ0) is 13.0. The number of carbonyl (C=O) groups is 2. The van der Waals surface area contributed by atoms with E-state index in [2.05, 4.69) is 4.98 Å². The van der Waals surface area contributed by atoms with E-state index in [1.807, 2.05) is 45.2 Å². The maximum atomic E-state index is 10.9. The lowest BCUT2D eigenvalue weighted by molar-refractivity contribution is -0.130. The van der Waals surface area contributed by atoms with E-state index in [9.17, 15) is 14.4 Å². The van der Waals surface area contributed by atoms with Gasteiger partial charge in [0.05, 0.1) is 30.0 Å². The van der Waals surface area contributed by atoms with Crippen LogP contribution in [0.3, 0.4) is 0 Å². The third kappa shape index (κ3) is 4.46. The molecule has 5 nitrogen and oxygen atoms in total. The van der Waals surface area contributed by atoms with Crippen LogP contribution in [0.1, 0.15) is 12.8 Å². The molecule has 1 fully saturated rings. The largest absolute Gasteiger partial charge is 0.366 e. The number of hydrogen-bond donors (Lipinski definition) is 1. The number of amides is 2. The highest BCUT2D eigenvalue weighted by Gasteiger charge is 2.26. The van der Waals surface area contributed by atoms with Crippen molar-refractivity contribution in [2.75, 3.05) is 0 Å². The third-order valence-electron chi connectivity index (χ3n) is 1.84. The van der Waals surface area contributed by atoms with E-state index < -0.39 is 0 Å². The van der Waals surface area contributed by atoms with Crippen molar-refractivity contribution >= 4 is 79.9 Å². The summed E-state index contributed by atoms with van der Waals surface area (Å²) >= 11 is 5.72. The van der Waals surface area contributed by atoms with Gasteiger partial charge in [0.25, 0.3) is 0 Å². The second kappa shape index (κ2) is 7.01. The van der Waals surface area contributed by atoms with Crippen LogP contribution >= 0.6 is 68.0 Å². The molecule has 8 heteroatoms. The molecule has 92 valence electrons. The maximum absolute atomic E-state index is 10.9. The fraction of sp³-hybridized carbons (Fsp3) is 0.222. The Kier molecular flexibility index (Phi) is 6.33. The number of aromatic amines is 1. The predicted molar refractivity (Wildman–Crippen MR) is 87.6 cm³/mol. The summed E-state index contributed by atoms with van der Waals surface area (Å²) in [6.45, 7) is 0. The Labute approximate surface area is 138 Å². The van der Waals surface area contributed by atoms with Gasteiger partial charge in [0.2, 0.25) is 17.2 Å². The van der Waals surface area contributed by atoms with Gasteiger partial charge in [-0.25, -0.2) is 3.11 Å². The molecule has 0 radical (unpaired) electrons. The van der Waals surface area contributed by atoms with Gasteiger partial charge in [0.15, 0.2) is 0 Å². The molecule has 1 aliphatic rings. The van der Waals surface area contributed by atoms with Gasteiger partial charge >= 0.3 is 0 Å². The predicted octanol–water partition coefficient (Wildman–Crippen LogP) is 2.07. The Bertz CT molecular complexity index is 461. The molecule has 1 saturated heterocycles. The van der Waals surface area contributed by atoms with Crippen molar-refractivity contribution in [3.63, 3.8) is 0 Å². The summed E-state index contributed by atoms with van der Waals surface area (Å²) < 4.78 is 2.61. The van der Waals surface area contributed by atoms with Crippen molar-refractivity contribution in [1.82, 2.24) is 8.10 Å². The molecule has 2 amide bonds. The molecule has 0 atom stereocenters. The van der Waals surface area contributed by atoms with Crippen molar-refractivity contribution < 1.29 is 9.59 Å². The minimum Gasteiger partial charge on any atom is -0.366 e. The molecule has 17 heavy (non-hydrogen) atoms. The smallest absolute Gasteiger partial charge is 0.238 e. The lowest BCUT2D eigenvalue weighted by Crippen LogP contribution is -2.16. The molecular weight excluding hydrogens is 565 g/mol. The highest BCUT2D eigenvalue weighted by molar-refractivity contribution is 14.1. The van der Waals surface area contributed by atoms with Crippen LogP contribution in [0.4, 0.5) is 0 Å². The number of imide groups is 1. The average Bonchev–Trinajstić information content (AvgIpc) is 2.58. The minimum absolute atomic E-state index is 0.0735. The minimum atomic E-state index is -0.0735. The molecule has 0 spiro atoms. The molecule has 1 N–H and O–H groups in total. The summed E-state index contributed by atoms with van der Waals surface area (Å²) in [6.07, 6.45) is 4.15. The number of halogens is 3. The number of aromatic nitrogens is 1. The summed E-state index contributed by atoms with van der Waals surface area (Å²) in [5, 5.41) is 0. The first-order valence-corrected chi connectivity index (χ1v) is 7.59. The van der Waals surface area contributed by atoms with Crippen molar-refractivity contribution in [3.05, 3.63) is 29.8 Å². The van der Waals surface area contributed by atoms with Crippen LogP contribution in [0, 0.1) is 7.14 Å². The maximum Gasteiger partial charge on any atom is 0.238 e. The normalized spacial score (nSPS) is 14.6. The van der Waals surface area contributed by atoms with Crippen LogP contribution in [-0.2, 0) is 9.59 Å². The van der Waals surface area contributed by atoms with E-state index >= 15 is 0 Å². The second-order valence-corrected chi connectivity index (χ2v) is 6.34. The Morgan fingerprint density at radius 1 is 1.00 bits per heavy atom. The quantitative estimate of drug-likeness (QED) is 0.295. The number of rotatable bonds is 0. The van der Waals surface area contributed by atoms with Crippen LogP contribution in [0.25, 0.3) is 0 Å². The SMILES string of the molecule is O=C1CCC(=O)N1I.O=c1c(I)c[nH]cc1I. The van der Waals surface area contributed by atoms with E-state index in [4.69, 9.17) is 0 Å². The van der Waals surface area contributed by atoms with Crippen molar-refractivity contribution in [2.24, 2.45) is 0 Å². The van der Waals surface area contributed by atoms with Crippen molar-refractivity contribution in [1.29, 1.82) is 0 Å². The van der Waals surface area contributed by atoms with Crippen LogP contribution in [0.15, 0.2) is 17.2 Å². The molecule has 0 saturated carbocycles. The summed E-state index contributed by atoms with van der Waals surface area (Å²) in [4.78, 5) is 34.8. The van der Waals surface area contributed by atoms with E-state index in [1.165, 1.54) is 0 Å². The Balaban J connectivity index is 0.000000171. The Morgan fingerprint density at radius 2 is 1.41 bits per heavy atom. The third-order valence-corrected chi connectivity index (χ3v) is 4.52. The molecule has 1 aliphatic heterocycles. The lowest BCUT2D eigenvalue weighted by Gasteiger charge is -1.97. The summed E-state index contributed by atoms with van der Waals surface area (Å²) in [6, 6.07) is 0. The molecule has 0 aromatic carbocycles. The highest BCUT2D eigenvalue weighted by Crippen LogP contribution is 2.15. The summed E-state index contributed by atoms with van der Waals surface area (Å²) in [5.41, 5.74) is 0.106. The van der Waals surface area contributed by atoms with Gasteiger partial charge in [-0.05, 0) is 45.2 Å². The number of hydrogen-bond acceptors (Lipinski definition) is 3. The monoisotopic (exact) mass is 572 g/mol. The van der Waals surface area contributed by atoms with Crippen LogP contribution < -0.4 is 5.43 Å². The lowest BCUT2D eigenvalue weighted by atomic mass is 10.4. The van der Waals surface area contributed by atoms with Gasteiger partial charge in [-0.3, -0.25) is 14.4 Å². The van der Waals surface area contributed by atoms with Gasteiger partial charge in [0, 0.05) is 25.2 Å². The Hall–Kier alpha value is 0.280. The molecule has 2 rings (SSSR count). The van der Waals surface area contributed by atoms with Crippen molar-refractivity contribution in [3.8, 4) is 0 Å².